The summed E-state index contributed by atoms with van der Waals surface area (Å²) < 4.78 is 0. The van der Waals surface area contributed by atoms with E-state index in [2.05, 4.69) is 28.5 Å². The molecule has 1 N–H and O–H groups in total. The van der Waals surface area contributed by atoms with Crippen LogP contribution in [0.1, 0.15) is 23.6 Å². The molecule has 0 radical (unpaired) electrons. The summed E-state index contributed by atoms with van der Waals surface area (Å²) in [4.78, 5) is 4.13. The Kier molecular flexibility index (Phi) is 4.73. The molecule has 1 aromatic heterocycles. The van der Waals surface area contributed by atoms with Crippen LogP contribution in [0.15, 0.2) is 48.8 Å². The molecule has 0 aliphatic heterocycles. The Labute approximate surface area is 113 Å². The second-order valence-electron chi connectivity index (χ2n) is 4.29. The van der Waals surface area contributed by atoms with Crippen molar-refractivity contribution in [3.8, 4) is 0 Å². The lowest BCUT2D eigenvalue weighted by Gasteiger charge is -2.16. The van der Waals surface area contributed by atoms with E-state index in [4.69, 9.17) is 11.6 Å². The highest BCUT2D eigenvalue weighted by atomic mass is 35.5. The summed E-state index contributed by atoms with van der Waals surface area (Å²) in [6.45, 7) is 0. The summed E-state index contributed by atoms with van der Waals surface area (Å²) in [5.41, 5.74) is 2.54. The molecule has 0 aliphatic rings. The highest BCUT2D eigenvalue weighted by molar-refractivity contribution is 6.30. The van der Waals surface area contributed by atoms with Crippen LogP contribution in [0.2, 0.25) is 5.02 Å². The average molecular weight is 261 g/mol. The molecule has 1 aromatic carbocycles. The molecule has 0 bridgehead atoms. The number of rotatable bonds is 5. The molecule has 1 unspecified atom stereocenters. The number of aromatic nitrogens is 1. The van der Waals surface area contributed by atoms with Crippen LogP contribution >= 0.6 is 11.6 Å². The van der Waals surface area contributed by atoms with Gasteiger partial charge >= 0.3 is 0 Å². The second-order valence-corrected chi connectivity index (χ2v) is 4.73. The van der Waals surface area contributed by atoms with Gasteiger partial charge < -0.3 is 5.32 Å². The van der Waals surface area contributed by atoms with Crippen molar-refractivity contribution in [1.29, 1.82) is 0 Å². The molecule has 0 amide bonds. The van der Waals surface area contributed by atoms with Crippen LogP contribution in [0.25, 0.3) is 0 Å². The highest BCUT2D eigenvalue weighted by Gasteiger charge is 2.09. The van der Waals surface area contributed by atoms with Crippen LogP contribution in [0, 0.1) is 0 Å². The Bertz CT molecular complexity index is 468. The Morgan fingerprint density at radius 2 is 2.00 bits per heavy atom. The molecule has 1 atom stereocenters. The number of pyridine rings is 1. The fraction of sp³-hybridized carbons (Fsp3) is 0.267. The van der Waals surface area contributed by atoms with E-state index in [1.807, 2.05) is 31.4 Å². The minimum absolute atomic E-state index is 0.350. The minimum Gasteiger partial charge on any atom is -0.313 e. The van der Waals surface area contributed by atoms with E-state index in [0.29, 0.717) is 6.04 Å². The lowest BCUT2D eigenvalue weighted by molar-refractivity contribution is 0.549. The largest absolute Gasteiger partial charge is 0.313 e. The minimum atomic E-state index is 0.350. The van der Waals surface area contributed by atoms with E-state index in [9.17, 15) is 0 Å². The van der Waals surface area contributed by atoms with E-state index in [1.165, 1.54) is 11.1 Å². The predicted octanol–water partition coefficient (Wildman–Crippen LogP) is 3.63. The molecule has 0 saturated heterocycles. The van der Waals surface area contributed by atoms with Gasteiger partial charge in [-0.05, 0) is 49.2 Å². The maximum Gasteiger partial charge on any atom is 0.0406 e. The molecule has 0 fully saturated rings. The van der Waals surface area contributed by atoms with Gasteiger partial charge in [-0.1, -0.05) is 29.8 Å². The second kappa shape index (κ2) is 6.53. The predicted molar refractivity (Wildman–Crippen MR) is 75.8 cm³/mol. The van der Waals surface area contributed by atoms with Gasteiger partial charge in [-0.2, -0.15) is 0 Å². The first-order valence-electron chi connectivity index (χ1n) is 6.11. The molecular formula is C15H17ClN2. The first-order valence-corrected chi connectivity index (χ1v) is 6.49. The zero-order chi connectivity index (χ0) is 12.8. The molecule has 18 heavy (non-hydrogen) atoms. The van der Waals surface area contributed by atoms with Crippen molar-refractivity contribution >= 4 is 11.6 Å². The van der Waals surface area contributed by atoms with E-state index in [1.54, 1.807) is 6.20 Å². The number of hydrogen-bond acceptors (Lipinski definition) is 2. The Balaban J connectivity index is 1.99. The van der Waals surface area contributed by atoms with Crippen LogP contribution in [0.3, 0.4) is 0 Å². The summed E-state index contributed by atoms with van der Waals surface area (Å²) >= 11 is 5.90. The quantitative estimate of drug-likeness (QED) is 0.888. The van der Waals surface area contributed by atoms with Gasteiger partial charge in [0.05, 0.1) is 0 Å². The monoisotopic (exact) mass is 260 g/mol. The van der Waals surface area contributed by atoms with Gasteiger partial charge in [0.25, 0.3) is 0 Å². The SMILES string of the molecule is CNC(CCc1cccnc1)c1ccc(Cl)cc1. The van der Waals surface area contributed by atoms with Gasteiger partial charge in [-0.15, -0.1) is 0 Å². The van der Waals surface area contributed by atoms with Gasteiger partial charge in [0.2, 0.25) is 0 Å². The van der Waals surface area contributed by atoms with Crippen LogP contribution in [-0.2, 0) is 6.42 Å². The smallest absolute Gasteiger partial charge is 0.0406 e. The van der Waals surface area contributed by atoms with Crippen LogP contribution < -0.4 is 5.32 Å². The lowest BCUT2D eigenvalue weighted by atomic mass is 10.00. The van der Waals surface area contributed by atoms with Gasteiger partial charge in [-0.25, -0.2) is 0 Å². The standard InChI is InChI=1S/C15H17ClN2/c1-17-15(13-5-7-14(16)8-6-13)9-4-12-3-2-10-18-11-12/h2-3,5-8,10-11,15,17H,4,9H2,1H3. The average Bonchev–Trinajstić information content (AvgIpc) is 2.42. The van der Waals surface area contributed by atoms with Crippen molar-refractivity contribution in [3.63, 3.8) is 0 Å². The molecule has 1 heterocycles. The summed E-state index contributed by atoms with van der Waals surface area (Å²) in [5.74, 6) is 0. The zero-order valence-electron chi connectivity index (χ0n) is 10.4. The number of hydrogen-bond donors (Lipinski definition) is 1. The summed E-state index contributed by atoms with van der Waals surface area (Å²) in [6, 6.07) is 12.5. The number of nitrogens with one attached hydrogen (secondary N) is 1. The molecule has 0 aliphatic carbocycles. The summed E-state index contributed by atoms with van der Waals surface area (Å²) in [5, 5.41) is 4.12. The first-order chi connectivity index (χ1) is 8.79. The van der Waals surface area contributed by atoms with Crippen LogP contribution in [0.5, 0.6) is 0 Å². The molecule has 3 heteroatoms. The van der Waals surface area contributed by atoms with Crippen LogP contribution in [-0.4, -0.2) is 12.0 Å². The van der Waals surface area contributed by atoms with Gasteiger partial charge in [0.1, 0.15) is 0 Å². The maximum absolute atomic E-state index is 5.90. The van der Waals surface area contributed by atoms with Gasteiger partial charge in [-0.3, -0.25) is 4.98 Å². The molecule has 2 nitrogen and oxygen atoms in total. The lowest BCUT2D eigenvalue weighted by Crippen LogP contribution is -2.17. The summed E-state index contributed by atoms with van der Waals surface area (Å²) in [7, 11) is 1.99. The maximum atomic E-state index is 5.90. The van der Waals surface area contributed by atoms with E-state index in [0.717, 1.165) is 17.9 Å². The van der Waals surface area contributed by atoms with E-state index < -0.39 is 0 Å². The fourth-order valence-corrected chi connectivity index (χ4v) is 2.16. The van der Waals surface area contributed by atoms with Gasteiger partial charge in [0, 0.05) is 23.5 Å². The Morgan fingerprint density at radius 3 is 2.61 bits per heavy atom. The zero-order valence-corrected chi connectivity index (χ0v) is 11.2. The molecule has 0 spiro atoms. The Morgan fingerprint density at radius 1 is 1.22 bits per heavy atom. The number of benzene rings is 1. The molecule has 0 saturated carbocycles. The van der Waals surface area contributed by atoms with E-state index in [-0.39, 0.29) is 0 Å². The number of nitrogens with zero attached hydrogens (tertiary/aromatic N) is 1. The van der Waals surface area contributed by atoms with Gasteiger partial charge in [0.15, 0.2) is 0 Å². The van der Waals surface area contributed by atoms with Crippen molar-refractivity contribution in [2.75, 3.05) is 7.05 Å². The third kappa shape index (κ3) is 3.56. The fourth-order valence-electron chi connectivity index (χ4n) is 2.03. The van der Waals surface area contributed by atoms with Crippen LogP contribution in [0.4, 0.5) is 0 Å². The first kappa shape index (κ1) is 13.1. The van der Waals surface area contributed by atoms with Crippen molar-refractivity contribution in [1.82, 2.24) is 10.3 Å². The van der Waals surface area contributed by atoms with E-state index >= 15 is 0 Å². The molecular weight excluding hydrogens is 244 g/mol. The number of aryl methyl sites for hydroxylation is 1. The molecule has 94 valence electrons. The third-order valence-electron chi connectivity index (χ3n) is 3.07. The van der Waals surface area contributed by atoms with Crippen molar-refractivity contribution in [3.05, 3.63) is 64.9 Å². The van der Waals surface area contributed by atoms with Crippen molar-refractivity contribution < 1.29 is 0 Å². The normalized spacial score (nSPS) is 12.3. The van der Waals surface area contributed by atoms with Crippen molar-refractivity contribution in [2.45, 2.75) is 18.9 Å². The molecule has 2 aromatic rings. The molecule has 2 rings (SSSR count). The Hall–Kier alpha value is -1.38. The van der Waals surface area contributed by atoms with Crippen molar-refractivity contribution in [2.24, 2.45) is 0 Å². The topological polar surface area (TPSA) is 24.9 Å². The number of halogens is 1. The highest BCUT2D eigenvalue weighted by Crippen LogP contribution is 2.20. The third-order valence-corrected chi connectivity index (χ3v) is 3.32. The summed E-state index contributed by atoms with van der Waals surface area (Å²) in [6.07, 6.45) is 5.79.